The van der Waals surface area contributed by atoms with Crippen LogP contribution in [0.3, 0.4) is 0 Å². The fraction of sp³-hybridized carbons (Fsp3) is 0.625. The van der Waals surface area contributed by atoms with Crippen LogP contribution in [0.4, 0.5) is 0 Å². The number of benzene rings is 2. The van der Waals surface area contributed by atoms with Gasteiger partial charge >= 0.3 is 11.9 Å². The highest BCUT2D eigenvalue weighted by Crippen LogP contribution is 2.41. The zero-order valence-electron chi connectivity index (χ0n) is 31.8. The second-order valence-electron chi connectivity index (χ2n) is 17.5. The summed E-state index contributed by atoms with van der Waals surface area (Å²) in [5, 5.41) is 32.3. The molecule has 9 nitrogen and oxygen atoms in total. The molecule has 0 saturated carbocycles. The second-order valence-corrected chi connectivity index (χ2v) is 17.5. The fourth-order valence-corrected chi connectivity index (χ4v) is 5.54. The first-order valence-corrected chi connectivity index (χ1v) is 17.1. The van der Waals surface area contributed by atoms with Gasteiger partial charge in [-0.05, 0) is 67.9 Å². The SMILES string of the molecule is CC(C)(C)c1cc(CCC(=O)OCC(CO)(COC=O)COC(=O)CCc2cc(C(C)(C)C)c(O)c(C(C)(C)C)c2)cc(C(C)(C)C)c1O. The van der Waals surface area contributed by atoms with E-state index in [0.717, 1.165) is 33.4 Å². The van der Waals surface area contributed by atoms with E-state index in [2.05, 4.69) is 0 Å². The van der Waals surface area contributed by atoms with E-state index in [9.17, 15) is 29.7 Å². The van der Waals surface area contributed by atoms with Gasteiger partial charge < -0.3 is 29.5 Å². The van der Waals surface area contributed by atoms with Crippen molar-refractivity contribution in [2.75, 3.05) is 26.4 Å². The summed E-state index contributed by atoms with van der Waals surface area (Å²) in [6.07, 6.45) is 0.797. The van der Waals surface area contributed by atoms with Crippen molar-refractivity contribution in [3.8, 4) is 11.5 Å². The van der Waals surface area contributed by atoms with E-state index >= 15 is 0 Å². The fourth-order valence-electron chi connectivity index (χ4n) is 5.54. The van der Waals surface area contributed by atoms with Crippen LogP contribution in [-0.2, 0) is 63.1 Å². The largest absolute Gasteiger partial charge is 0.507 e. The number of aryl methyl sites for hydroxylation is 2. The smallest absolute Gasteiger partial charge is 0.306 e. The van der Waals surface area contributed by atoms with Crippen molar-refractivity contribution in [1.29, 1.82) is 0 Å². The number of carbonyl (C=O) groups is 3. The Labute approximate surface area is 293 Å². The highest BCUT2D eigenvalue weighted by atomic mass is 16.6. The lowest BCUT2D eigenvalue weighted by atomic mass is 9.78. The van der Waals surface area contributed by atoms with Crippen LogP contribution in [0.5, 0.6) is 11.5 Å². The average molecular weight is 685 g/mol. The Morgan fingerprint density at radius 1 is 0.592 bits per heavy atom. The predicted octanol–water partition coefficient (Wildman–Crippen LogP) is 7.09. The van der Waals surface area contributed by atoms with Gasteiger partial charge in [0.1, 0.15) is 31.3 Å². The first-order valence-electron chi connectivity index (χ1n) is 17.1. The third kappa shape index (κ3) is 11.8. The van der Waals surface area contributed by atoms with Crippen molar-refractivity contribution in [3.05, 3.63) is 57.6 Å². The molecule has 2 aromatic carbocycles. The number of phenols is 2. The van der Waals surface area contributed by atoms with Crippen LogP contribution in [0.25, 0.3) is 0 Å². The number of aliphatic hydroxyl groups is 1. The molecule has 0 spiro atoms. The minimum atomic E-state index is -1.35. The molecule has 0 bridgehead atoms. The molecule has 0 unspecified atom stereocenters. The molecule has 0 aliphatic heterocycles. The van der Waals surface area contributed by atoms with Gasteiger partial charge in [0.05, 0.1) is 12.0 Å². The number of ether oxygens (including phenoxy) is 3. The summed E-state index contributed by atoms with van der Waals surface area (Å²) in [6, 6.07) is 7.66. The van der Waals surface area contributed by atoms with Crippen LogP contribution in [0, 0.1) is 5.41 Å². The van der Waals surface area contributed by atoms with Crippen LogP contribution < -0.4 is 0 Å². The first kappa shape index (κ1) is 41.6. The molecule has 0 radical (unpaired) electrons. The molecule has 0 saturated heterocycles. The normalized spacial score (nSPS) is 12.8. The lowest BCUT2D eigenvalue weighted by Crippen LogP contribution is -2.42. The van der Waals surface area contributed by atoms with E-state index in [-0.39, 0.29) is 72.3 Å². The summed E-state index contributed by atoms with van der Waals surface area (Å²) < 4.78 is 16.0. The lowest BCUT2D eigenvalue weighted by Gasteiger charge is -2.30. The number of hydrogen-bond donors (Lipinski definition) is 3. The van der Waals surface area contributed by atoms with Crippen LogP contribution in [-0.4, -0.2) is 60.2 Å². The molecular weight excluding hydrogens is 624 g/mol. The third-order valence-corrected chi connectivity index (χ3v) is 8.68. The molecule has 0 amide bonds. The van der Waals surface area contributed by atoms with Crippen molar-refractivity contribution in [1.82, 2.24) is 0 Å². The molecule has 274 valence electrons. The van der Waals surface area contributed by atoms with Gasteiger partial charge in [-0.2, -0.15) is 0 Å². The summed E-state index contributed by atoms with van der Waals surface area (Å²) >= 11 is 0. The Hall–Kier alpha value is -3.59. The Balaban J connectivity index is 2.13. The minimum Gasteiger partial charge on any atom is -0.507 e. The molecule has 2 aromatic rings. The van der Waals surface area contributed by atoms with E-state index in [1.807, 2.05) is 107 Å². The van der Waals surface area contributed by atoms with E-state index in [1.165, 1.54) is 0 Å². The van der Waals surface area contributed by atoms with Gasteiger partial charge in [0.25, 0.3) is 6.47 Å². The minimum absolute atomic E-state index is 0.0352. The monoisotopic (exact) mass is 684 g/mol. The number of carbonyl (C=O) groups excluding carboxylic acids is 3. The maximum atomic E-state index is 12.9. The molecule has 49 heavy (non-hydrogen) atoms. The Morgan fingerprint density at radius 2 is 0.898 bits per heavy atom. The van der Waals surface area contributed by atoms with Crippen molar-refractivity contribution >= 4 is 18.4 Å². The van der Waals surface area contributed by atoms with Crippen LogP contribution >= 0.6 is 0 Å². The second kappa shape index (κ2) is 16.0. The van der Waals surface area contributed by atoms with Crippen molar-refractivity contribution in [2.24, 2.45) is 5.41 Å². The first-order chi connectivity index (χ1) is 22.3. The maximum absolute atomic E-state index is 12.9. The molecule has 0 aromatic heterocycles. The number of hydrogen-bond acceptors (Lipinski definition) is 9. The van der Waals surface area contributed by atoms with Gasteiger partial charge in [-0.3, -0.25) is 14.4 Å². The Kier molecular flexibility index (Phi) is 13.5. The summed E-state index contributed by atoms with van der Waals surface area (Å²) in [5.74, 6) is -0.545. The quantitative estimate of drug-likeness (QED) is 0.108. The van der Waals surface area contributed by atoms with E-state index in [1.54, 1.807) is 0 Å². The number of aromatic hydroxyl groups is 2. The van der Waals surface area contributed by atoms with Gasteiger partial charge in [-0.25, -0.2) is 0 Å². The molecule has 2 rings (SSSR count). The molecular formula is C40H60O9. The predicted molar refractivity (Wildman–Crippen MR) is 191 cm³/mol. The zero-order chi connectivity index (χ0) is 37.6. The molecule has 0 heterocycles. The standard InChI is InChI=1S/C40H60O9/c1-36(2,3)28-17-26(18-29(34(28)45)37(4,5)6)13-15-32(43)48-23-40(21-41,22-47-25-42)24-49-33(44)16-14-27-19-30(38(7,8)9)35(46)31(20-27)39(10,11)12/h17-20,25,41,45-46H,13-16,21-24H2,1-12H3. The van der Waals surface area contributed by atoms with Gasteiger partial charge in [-0.15, -0.1) is 0 Å². The molecule has 0 fully saturated rings. The number of rotatable bonds is 14. The van der Waals surface area contributed by atoms with E-state index < -0.39 is 24.0 Å². The van der Waals surface area contributed by atoms with Crippen molar-refractivity contribution in [3.63, 3.8) is 0 Å². The highest BCUT2D eigenvalue weighted by Gasteiger charge is 2.35. The summed E-state index contributed by atoms with van der Waals surface area (Å²) in [6.45, 7) is 22.9. The molecule has 0 aliphatic rings. The van der Waals surface area contributed by atoms with Crippen molar-refractivity contribution < 1.29 is 43.9 Å². The summed E-state index contributed by atoms with van der Waals surface area (Å²) in [5.41, 5.74) is 2.35. The average Bonchev–Trinajstić information content (AvgIpc) is 2.97. The van der Waals surface area contributed by atoms with Gasteiger partial charge in [0.15, 0.2) is 0 Å². The van der Waals surface area contributed by atoms with E-state index in [0.29, 0.717) is 12.8 Å². The lowest BCUT2D eigenvalue weighted by molar-refractivity contribution is -0.161. The Bertz CT molecular complexity index is 1290. The highest BCUT2D eigenvalue weighted by molar-refractivity contribution is 5.70. The van der Waals surface area contributed by atoms with Gasteiger partial charge in [0, 0.05) is 12.8 Å². The summed E-state index contributed by atoms with van der Waals surface area (Å²) in [7, 11) is 0. The van der Waals surface area contributed by atoms with Gasteiger partial charge in [-0.1, -0.05) is 107 Å². The molecule has 9 heteroatoms. The van der Waals surface area contributed by atoms with Gasteiger partial charge in [0.2, 0.25) is 0 Å². The van der Waals surface area contributed by atoms with E-state index in [4.69, 9.17) is 14.2 Å². The molecule has 0 atom stereocenters. The summed E-state index contributed by atoms with van der Waals surface area (Å²) in [4.78, 5) is 36.9. The van der Waals surface area contributed by atoms with Crippen molar-refractivity contribution in [2.45, 2.75) is 130 Å². The van der Waals surface area contributed by atoms with Crippen LogP contribution in [0.15, 0.2) is 24.3 Å². The number of esters is 2. The number of phenolic OH excluding ortho intramolecular Hbond substituents is 2. The number of aliphatic hydroxyl groups excluding tert-OH is 1. The van der Waals surface area contributed by atoms with Crippen LogP contribution in [0.1, 0.15) is 129 Å². The third-order valence-electron chi connectivity index (χ3n) is 8.68. The molecule has 3 N–H and O–H groups in total. The molecule has 0 aliphatic carbocycles. The van der Waals surface area contributed by atoms with Crippen LogP contribution in [0.2, 0.25) is 0 Å². The Morgan fingerprint density at radius 3 is 1.14 bits per heavy atom. The topological polar surface area (TPSA) is 140 Å². The maximum Gasteiger partial charge on any atom is 0.306 e. The zero-order valence-corrected chi connectivity index (χ0v) is 31.8.